The van der Waals surface area contributed by atoms with Gasteiger partial charge in [0, 0.05) is 22.9 Å². The first-order valence-electron chi connectivity index (χ1n) is 21.2. The van der Waals surface area contributed by atoms with E-state index in [9.17, 15) is 29.4 Å². The largest absolute Gasteiger partial charge is 0.505 e. The van der Waals surface area contributed by atoms with Gasteiger partial charge in [-0.05, 0) is 77.5 Å². The van der Waals surface area contributed by atoms with Gasteiger partial charge in [-0.3, -0.25) is 19.2 Å². The Bertz CT molecular complexity index is 3590. The number of imide groups is 1. The summed E-state index contributed by atoms with van der Waals surface area (Å²) in [5, 5.41) is 48.3. The number of ether oxygens (including phenoxy) is 4. The van der Waals surface area contributed by atoms with Crippen LogP contribution < -0.4 is 34.5 Å². The number of carbonyl (C=O) groups excluding carboxylic acids is 4. The number of hydrogen-bond acceptors (Lipinski definition) is 14. The number of phenols is 2. The van der Waals surface area contributed by atoms with E-state index in [0.29, 0.717) is 38.7 Å². The van der Waals surface area contributed by atoms with Crippen LogP contribution in [0.2, 0.25) is 10.0 Å². The van der Waals surface area contributed by atoms with Gasteiger partial charge in [0.15, 0.2) is 11.5 Å². The maximum atomic E-state index is 13.9. The highest BCUT2D eigenvalue weighted by molar-refractivity contribution is 6.35. The third-order valence-electron chi connectivity index (χ3n) is 11.4. The number of hydrogen-bond donors (Lipinski definition) is 4. The van der Waals surface area contributed by atoms with Gasteiger partial charge in [0.05, 0.1) is 89.2 Å². The molecule has 0 radical (unpaired) electrons. The Labute approximate surface area is 413 Å². The van der Waals surface area contributed by atoms with Gasteiger partial charge in [0.25, 0.3) is 23.6 Å². The van der Waals surface area contributed by atoms with Crippen molar-refractivity contribution in [2.75, 3.05) is 44.0 Å². The van der Waals surface area contributed by atoms with Crippen molar-refractivity contribution in [2.24, 2.45) is 20.5 Å². The molecule has 0 fully saturated rings. The Morgan fingerprint density at radius 2 is 0.944 bits per heavy atom. The number of azo groups is 2. The Morgan fingerprint density at radius 1 is 0.507 bits per heavy atom. The van der Waals surface area contributed by atoms with Crippen LogP contribution in [-0.2, 0) is 0 Å². The molecule has 4 N–H and O–H groups in total. The molecule has 4 amide bonds. The summed E-state index contributed by atoms with van der Waals surface area (Å²) in [6.07, 6.45) is 0. The van der Waals surface area contributed by atoms with Crippen LogP contribution in [-0.4, -0.2) is 62.3 Å². The van der Waals surface area contributed by atoms with Gasteiger partial charge in [-0.25, -0.2) is 4.90 Å². The van der Waals surface area contributed by atoms with Crippen molar-refractivity contribution in [3.8, 4) is 34.5 Å². The number of methoxy groups -OCH3 is 4. The van der Waals surface area contributed by atoms with Crippen molar-refractivity contribution < 1.29 is 48.3 Å². The molecule has 9 rings (SSSR count). The molecule has 8 aromatic rings. The minimum absolute atomic E-state index is 0.0171. The van der Waals surface area contributed by atoms with Crippen molar-refractivity contribution in [2.45, 2.75) is 0 Å². The molecular formula is C52H37Cl2N7O10. The lowest BCUT2D eigenvalue weighted by molar-refractivity contribution is 0.0923. The third kappa shape index (κ3) is 8.93. The first kappa shape index (κ1) is 47.0. The molecule has 0 saturated carbocycles. The number of fused-ring (bicyclic) bond motifs is 3. The highest BCUT2D eigenvalue weighted by Gasteiger charge is 2.37. The third-order valence-corrected chi connectivity index (χ3v) is 12.0. The highest BCUT2D eigenvalue weighted by atomic mass is 35.5. The zero-order valence-corrected chi connectivity index (χ0v) is 39.3. The number of halogens is 2. The van der Waals surface area contributed by atoms with Crippen molar-refractivity contribution in [3.63, 3.8) is 0 Å². The Morgan fingerprint density at radius 3 is 1.42 bits per heavy atom. The average Bonchev–Trinajstić information content (AvgIpc) is 3.63. The molecule has 0 bridgehead atoms. The first-order valence-corrected chi connectivity index (χ1v) is 22.0. The number of rotatable bonds is 13. The molecule has 8 aromatic carbocycles. The summed E-state index contributed by atoms with van der Waals surface area (Å²) in [5.74, 6) is -2.28. The highest BCUT2D eigenvalue weighted by Crippen LogP contribution is 2.44. The summed E-state index contributed by atoms with van der Waals surface area (Å²) in [6.45, 7) is 0. The van der Waals surface area contributed by atoms with Gasteiger partial charge in [-0.2, -0.15) is 10.2 Å². The maximum absolute atomic E-state index is 13.9. The summed E-state index contributed by atoms with van der Waals surface area (Å²) in [4.78, 5) is 55.9. The lowest BCUT2D eigenvalue weighted by Crippen LogP contribution is -2.29. The van der Waals surface area contributed by atoms with E-state index < -0.39 is 35.1 Å². The summed E-state index contributed by atoms with van der Waals surface area (Å²) < 4.78 is 21.3. The van der Waals surface area contributed by atoms with E-state index in [1.165, 1.54) is 107 Å². The van der Waals surface area contributed by atoms with Gasteiger partial charge in [-0.15, -0.1) is 10.2 Å². The number of benzene rings is 8. The molecule has 0 saturated heterocycles. The molecule has 1 aliphatic heterocycles. The van der Waals surface area contributed by atoms with Gasteiger partial charge >= 0.3 is 0 Å². The van der Waals surface area contributed by atoms with E-state index in [1.54, 1.807) is 48.5 Å². The normalized spacial score (nSPS) is 12.2. The second kappa shape index (κ2) is 19.5. The van der Waals surface area contributed by atoms with Gasteiger partial charge in [0.1, 0.15) is 34.4 Å². The second-order valence-electron chi connectivity index (χ2n) is 15.6. The standard InChI is InChI=1S/C52H37Cl2N7O10/c1-68-41-24-43(70-3)39(22-37(41)53)55-49(64)35-19-26-9-5-7-11-31(26)45(47(35)62)59-57-28-13-16-30(17-14-28)61-51(66)33-18-15-29(21-34(33)52(61)67)58-60-46-32-12-8-6-10-27(32)20-36(48(46)63)50(65)56-40-23-38(54)42(69-2)25-44(40)71-4/h5-25,62-63H,1-4H3,(H,55,64)(H,56,65). The molecule has 0 aliphatic carbocycles. The molecule has 19 heteroatoms. The number of phenolic OH excluding ortho intramolecular Hbond substituents is 2. The quantitative estimate of drug-likeness (QED) is 0.0632. The van der Waals surface area contributed by atoms with Crippen LogP contribution >= 0.6 is 23.2 Å². The Hall–Kier alpha value is -9.06. The SMILES string of the molecule is COc1cc(OC)c(NC(=O)c2cc3ccccc3c(N=Nc3ccc(N4C(=O)c5ccc(N=Nc6c(O)c(C(=O)Nc7cc(Cl)c(OC)cc7OC)cc7ccccc67)cc5C4=O)cc3)c2O)cc1Cl. The number of amides is 4. The van der Waals surface area contributed by atoms with Gasteiger partial charge in [0.2, 0.25) is 0 Å². The molecule has 17 nitrogen and oxygen atoms in total. The fraction of sp³-hybridized carbons (Fsp3) is 0.0769. The monoisotopic (exact) mass is 989 g/mol. The van der Waals surface area contributed by atoms with E-state index >= 15 is 0 Å². The van der Waals surface area contributed by atoms with E-state index in [0.717, 1.165) is 4.90 Å². The fourth-order valence-corrected chi connectivity index (χ4v) is 8.37. The zero-order chi connectivity index (χ0) is 50.1. The molecule has 1 aliphatic rings. The van der Waals surface area contributed by atoms with Crippen LogP contribution in [0.5, 0.6) is 34.5 Å². The fourth-order valence-electron chi connectivity index (χ4n) is 7.89. The summed E-state index contributed by atoms with van der Waals surface area (Å²) in [5.41, 5.74) is 1.14. The lowest BCUT2D eigenvalue weighted by atomic mass is 10.0. The molecule has 0 unspecified atom stereocenters. The van der Waals surface area contributed by atoms with Crippen molar-refractivity contribution >= 4 is 108 Å². The minimum Gasteiger partial charge on any atom is -0.505 e. The number of nitrogens with one attached hydrogen (secondary N) is 2. The van der Waals surface area contributed by atoms with Crippen LogP contribution in [0.4, 0.5) is 39.8 Å². The predicted molar refractivity (Wildman–Crippen MR) is 269 cm³/mol. The molecule has 354 valence electrons. The van der Waals surface area contributed by atoms with Crippen LogP contribution in [0.1, 0.15) is 41.4 Å². The second-order valence-corrected chi connectivity index (χ2v) is 16.4. The summed E-state index contributed by atoms with van der Waals surface area (Å²) in [6, 6.07) is 33.4. The van der Waals surface area contributed by atoms with Gasteiger partial charge in [-0.1, -0.05) is 71.7 Å². The molecular weight excluding hydrogens is 954 g/mol. The van der Waals surface area contributed by atoms with E-state index in [-0.39, 0.29) is 77.9 Å². The van der Waals surface area contributed by atoms with Crippen molar-refractivity contribution in [1.29, 1.82) is 0 Å². The maximum Gasteiger partial charge on any atom is 0.266 e. The predicted octanol–water partition coefficient (Wildman–Crippen LogP) is 12.9. The summed E-state index contributed by atoms with van der Waals surface area (Å²) in [7, 11) is 5.73. The molecule has 0 aromatic heterocycles. The van der Waals surface area contributed by atoms with Gasteiger partial charge < -0.3 is 39.8 Å². The number of anilines is 3. The summed E-state index contributed by atoms with van der Waals surface area (Å²) >= 11 is 12.6. The topological polar surface area (TPSA) is 222 Å². The van der Waals surface area contributed by atoms with E-state index in [4.69, 9.17) is 42.1 Å². The number of aromatic hydroxyl groups is 2. The minimum atomic E-state index is -0.693. The number of carbonyl (C=O) groups is 4. The van der Waals surface area contributed by atoms with Crippen LogP contribution in [0.3, 0.4) is 0 Å². The molecule has 71 heavy (non-hydrogen) atoms. The molecule has 1 heterocycles. The lowest BCUT2D eigenvalue weighted by Gasteiger charge is -2.15. The van der Waals surface area contributed by atoms with Crippen LogP contribution in [0.15, 0.2) is 148 Å². The van der Waals surface area contributed by atoms with E-state index in [1.807, 2.05) is 0 Å². The van der Waals surface area contributed by atoms with Crippen LogP contribution in [0.25, 0.3) is 21.5 Å². The average molecular weight is 991 g/mol. The number of nitrogens with zero attached hydrogens (tertiary/aromatic N) is 5. The van der Waals surface area contributed by atoms with Crippen molar-refractivity contribution in [1.82, 2.24) is 0 Å². The Kier molecular flexibility index (Phi) is 12.9. The zero-order valence-electron chi connectivity index (χ0n) is 37.8. The first-order chi connectivity index (χ1) is 34.3. The smallest absolute Gasteiger partial charge is 0.266 e. The van der Waals surface area contributed by atoms with E-state index in [2.05, 4.69) is 31.1 Å². The van der Waals surface area contributed by atoms with Crippen LogP contribution in [0, 0.1) is 0 Å². The van der Waals surface area contributed by atoms with Crippen molar-refractivity contribution in [3.05, 3.63) is 160 Å². The molecule has 0 atom stereocenters. The molecule has 0 spiro atoms. The Balaban J connectivity index is 0.948.